The van der Waals surface area contributed by atoms with Crippen LogP contribution in [0.1, 0.15) is 84.9 Å². The smallest absolute Gasteiger partial charge is 0.256 e. The standard InChI is InChI=1S/C46H51N5O11S2/c1-5-60-40-19-29(11-15-39(40)59-3)38(27-64(4)58)49(2)45(56)32-7-6-8-36(34(32)24-52)47-43(54)20-31-22-50(17-18-61-31)21-28-9-12-30(13-10-28)62-25-41-33-23-51(46(57)35(33)26-63-41)37-14-16-42(53)48-44(37)55/h6-13,15,19,24,26,31,37-38H,5,14,16-18,20-23,25,27H2,1-4H3,(H,47,54)(H,48,53,55). The number of ether oxygens (including phenoxy) is 4. The van der Waals surface area contributed by atoms with Gasteiger partial charge in [0, 0.05) is 55.5 Å². The highest BCUT2D eigenvalue weighted by atomic mass is 32.2. The summed E-state index contributed by atoms with van der Waals surface area (Å²) in [6.45, 7) is 4.99. The average molecular weight is 914 g/mol. The Balaban J connectivity index is 0.922. The lowest BCUT2D eigenvalue weighted by Gasteiger charge is -2.32. The fraction of sp³-hybridized carbons (Fsp3) is 0.391. The molecule has 2 fully saturated rings. The third kappa shape index (κ3) is 10.6. The highest BCUT2D eigenvalue weighted by molar-refractivity contribution is 7.90. The van der Waals surface area contributed by atoms with Crippen LogP contribution in [0.4, 0.5) is 5.69 Å². The van der Waals surface area contributed by atoms with Crippen LogP contribution in [-0.2, 0) is 50.0 Å². The summed E-state index contributed by atoms with van der Waals surface area (Å²) in [5.74, 6) is -0.0461. The van der Waals surface area contributed by atoms with E-state index in [1.807, 2.05) is 31.2 Å². The van der Waals surface area contributed by atoms with Gasteiger partial charge in [0.2, 0.25) is 17.7 Å². The molecule has 2 saturated heterocycles. The molecule has 4 unspecified atom stereocenters. The molecule has 3 aliphatic rings. The second-order valence-electron chi connectivity index (χ2n) is 15.8. The first-order valence-corrected chi connectivity index (χ1v) is 23.5. The van der Waals surface area contributed by atoms with Gasteiger partial charge in [-0.2, -0.15) is 0 Å². The number of anilines is 1. The molecule has 0 bridgehead atoms. The van der Waals surface area contributed by atoms with Gasteiger partial charge in [-0.15, -0.1) is 11.3 Å². The summed E-state index contributed by atoms with van der Waals surface area (Å²) >= 11 is 0.153. The summed E-state index contributed by atoms with van der Waals surface area (Å²) in [5, 5.41) is 6.95. The average Bonchev–Trinajstić information content (AvgIpc) is 3.83. The van der Waals surface area contributed by atoms with Gasteiger partial charge in [0.1, 0.15) is 30.2 Å². The second-order valence-corrected chi connectivity index (χ2v) is 18.2. The number of fused-ring (bicyclic) bond motifs is 1. The molecule has 1 aromatic heterocycles. The van der Waals surface area contributed by atoms with Crippen LogP contribution in [-0.4, -0.2) is 120 Å². The van der Waals surface area contributed by atoms with Crippen LogP contribution in [0.2, 0.25) is 0 Å². The Bertz CT molecular complexity index is 2390. The van der Waals surface area contributed by atoms with Crippen molar-refractivity contribution >= 4 is 64.0 Å². The summed E-state index contributed by atoms with van der Waals surface area (Å²) in [7, 11) is 3.12. The molecule has 5 amide bonds. The maximum atomic E-state index is 14.1. The van der Waals surface area contributed by atoms with E-state index in [-0.39, 0.29) is 59.7 Å². The molecular formula is C46H51N5O11S2. The number of aldehydes is 1. The predicted molar refractivity (Wildman–Crippen MR) is 239 cm³/mol. The number of carbonyl (C=O) groups excluding carboxylic acids is 6. The third-order valence-corrected chi connectivity index (χ3v) is 13.3. The minimum atomic E-state index is -1.29. The highest BCUT2D eigenvalue weighted by Crippen LogP contribution is 2.36. The Morgan fingerprint density at radius 2 is 1.91 bits per heavy atom. The van der Waals surface area contributed by atoms with Crippen molar-refractivity contribution in [2.45, 2.75) is 64.1 Å². The van der Waals surface area contributed by atoms with Crippen LogP contribution in [0.5, 0.6) is 17.2 Å². The van der Waals surface area contributed by atoms with Crippen molar-refractivity contribution in [3.05, 3.63) is 104 Å². The summed E-state index contributed by atoms with van der Waals surface area (Å²) < 4.78 is 35.8. The van der Waals surface area contributed by atoms with E-state index in [1.54, 1.807) is 49.0 Å². The molecule has 3 aliphatic heterocycles. The van der Waals surface area contributed by atoms with Gasteiger partial charge in [0.15, 0.2) is 17.8 Å². The van der Waals surface area contributed by atoms with Gasteiger partial charge < -0.3 is 38.6 Å². The lowest BCUT2D eigenvalue weighted by atomic mass is 10.0. The molecule has 16 nitrogen and oxygen atoms in total. The minimum Gasteiger partial charge on any atom is -0.616 e. The Hall–Kier alpha value is -5.79. The molecule has 18 heteroatoms. The number of nitrogens with zero attached hydrogens (tertiary/aromatic N) is 3. The summed E-state index contributed by atoms with van der Waals surface area (Å²) in [4.78, 5) is 83.2. The van der Waals surface area contributed by atoms with Crippen molar-refractivity contribution in [1.82, 2.24) is 20.0 Å². The molecule has 3 aromatic carbocycles. The van der Waals surface area contributed by atoms with E-state index in [4.69, 9.17) is 18.9 Å². The number of benzene rings is 3. The van der Waals surface area contributed by atoms with Crippen molar-refractivity contribution in [3.8, 4) is 17.2 Å². The monoisotopic (exact) mass is 913 g/mol. The number of carbonyl (C=O) groups is 6. The first kappa shape index (κ1) is 46.2. The third-order valence-electron chi connectivity index (χ3n) is 11.5. The number of amides is 5. The molecule has 338 valence electrons. The molecule has 4 atom stereocenters. The van der Waals surface area contributed by atoms with Gasteiger partial charge >= 0.3 is 0 Å². The number of thiophene rings is 1. The van der Waals surface area contributed by atoms with Crippen LogP contribution in [0.25, 0.3) is 0 Å². The SMILES string of the molecule is CCOc1cc(C(C[S+](C)[O-])N(C)C(=O)c2cccc(NC(=O)CC3CN(Cc4ccc(OCc5scc6c5CN(C5CCC(=O)NC5=O)C6=O)cc4)CCO3)c2C=O)ccc1OC. The van der Waals surface area contributed by atoms with Crippen molar-refractivity contribution in [2.75, 3.05) is 57.8 Å². The zero-order valence-electron chi connectivity index (χ0n) is 36.1. The molecule has 7 rings (SSSR count). The van der Waals surface area contributed by atoms with Crippen molar-refractivity contribution < 1.29 is 52.3 Å². The van der Waals surface area contributed by atoms with E-state index in [0.717, 1.165) is 16.0 Å². The Morgan fingerprint density at radius 1 is 1.11 bits per heavy atom. The summed E-state index contributed by atoms with van der Waals surface area (Å²) in [5.41, 5.74) is 3.44. The van der Waals surface area contributed by atoms with E-state index in [1.165, 1.54) is 34.3 Å². The number of hydrogen-bond acceptors (Lipinski definition) is 13. The molecule has 4 heterocycles. The van der Waals surface area contributed by atoms with E-state index in [9.17, 15) is 33.3 Å². The lowest BCUT2D eigenvalue weighted by molar-refractivity contribution is -0.137. The van der Waals surface area contributed by atoms with Crippen LogP contribution in [0.3, 0.4) is 0 Å². The number of piperidine rings is 1. The van der Waals surface area contributed by atoms with Gasteiger partial charge in [0.05, 0.1) is 61.5 Å². The topological polar surface area (TPSA) is 196 Å². The lowest BCUT2D eigenvalue weighted by Crippen LogP contribution is -2.52. The fourth-order valence-corrected chi connectivity index (χ4v) is 10.0. The predicted octanol–water partition coefficient (Wildman–Crippen LogP) is 4.73. The number of imide groups is 1. The molecule has 0 radical (unpaired) electrons. The van der Waals surface area contributed by atoms with Crippen molar-refractivity contribution in [3.63, 3.8) is 0 Å². The molecule has 64 heavy (non-hydrogen) atoms. The van der Waals surface area contributed by atoms with Crippen molar-refractivity contribution in [1.29, 1.82) is 0 Å². The number of rotatable bonds is 18. The number of nitrogens with one attached hydrogen (secondary N) is 2. The largest absolute Gasteiger partial charge is 0.616 e. The Kier molecular flexibility index (Phi) is 15.0. The van der Waals surface area contributed by atoms with E-state index < -0.39 is 41.2 Å². The van der Waals surface area contributed by atoms with Crippen LogP contribution in [0.15, 0.2) is 66.0 Å². The molecule has 0 aliphatic carbocycles. The molecule has 4 aromatic rings. The maximum absolute atomic E-state index is 14.1. The Morgan fingerprint density at radius 3 is 2.62 bits per heavy atom. The summed E-state index contributed by atoms with van der Waals surface area (Å²) in [6, 6.07) is 16.4. The molecular weight excluding hydrogens is 863 g/mol. The van der Waals surface area contributed by atoms with Crippen LogP contribution < -0.4 is 24.8 Å². The normalized spacial score (nSPS) is 18.5. The fourth-order valence-electron chi connectivity index (χ4n) is 8.22. The zero-order valence-corrected chi connectivity index (χ0v) is 37.7. The zero-order chi connectivity index (χ0) is 45.5. The molecule has 0 spiro atoms. The minimum absolute atomic E-state index is 0.0208. The summed E-state index contributed by atoms with van der Waals surface area (Å²) in [6.07, 6.45) is 2.22. The molecule has 2 N–H and O–H groups in total. The van der Waals surface area contributed by atoms with Gasteiger partial charge in [0.25, 0.3) is 11.8 Å². The van der Waals surface area contributed by atoms with Crippen molar-refractivity contribution in [2.24, 2.45) is 0 Å². The van der Waals surface area contributed by atoms with Gasteiger partial charge in [-0.1, -0.05) is 35.4 Å². The Labute approximate surface area is 378 Å². The number of methoxy groups -OCH3 is 1. The second kappa shape index (κ2) is 20.8. The molecule has 0 saturated carbocycles. The van der Waals surface area contributed by atoms with Gasteiger partial charge in [-0.25, -0.2) is 0 Å². The van der Waals surface area contributed by atoms with E-state index >= 15 is 0 Å². The van der Waals surface area contributed by atoms with E-state index in [0.29, 0.717) is 80.5 Å². The highest BCUT2D eigenvalue weighted by Gasteiger charge is 2.41. The van der Waals surface area contributed by atoms with Gasteiger partial charge in [-0.05, 0) is 60.9 Å². The van der Waals surface area contributed by atoms with Crippen LogP contribution in [0, 0.1) is 0 Å². The quantitative estimate of drug-likeness (QED) is 0.0793. The first-order valence-electron chi connectivity index (χ1n) is 20.9. The number of hydrogen-bond donors (Lipinski definition) is 2. The number of morpholine rings is 1. The van der Waals surface area contributed by atoms with Crippen LogP contribution >= 0.6 is 11.3 Å². The van der Waals surface area contributed by atoms with Gasteiger partial charge in [-0.3, -0.25) is 39.0 Å². The van der Waals surface area contributed by atoms with E-state index in [2.05, 4.69) is 15.5 Å². The first-order chi connectivity index (χ1) is 30.9. The maximum Gasteiger partial charge on any atom is 0.256 e.